The molecule has 0 atom stereocenters. The highest BCUT2D eigenvalue weighted by Gasteiger charge is 2.16. The highest BCUT2D eigenvalue weighted by molar-refractivity contribution is 6.11. The van der Waals surface area contributed by atoms with Crippen molar-refractivity contribution in [3.63, 3.8) is 0 Å². The number of rotatable bonds is 6. The SMILES string of the molecule is c1ccc(-c2cccc(-c3ccc4c(c3)c3cc(-c5cccc(-c6ccccc6)c5)ccc3n4-c3cccc(-c4ccccc4)c3)c2)cc1. The van der Waals surface area contributed by atoms with Crippen LogP contribution in [-0.4, -0.2) is 4.57 Å². The first kappa shape index (κ1) is 28.8. The molecule has 0 aliphatic heterocycles. The average Bonchev–Trinajstić information content (AvgIpc) is 3.52. The molecule has 0 bridgehead atoms. The van der Waals surface area contributed by atoms with Gasteiger partial charge in [0.25, 0.3) is 0 Å². The lowest BCUT2D eigenvalue weighted by Gasteiger charge is -2.11. The van der Waals surface area contributed by atoms with Crippen LogP contribution in [0.25, 0.3) is 83.1 Å². The summed E-state index contributed by atoms with van der Waals surface area (Å²) in [7, 11) is 0. The van der Waals surface area contributed by atoms with E-state index in [4.69, 9.17) is 0 Å². The summed E-state index contributed by atoms with van der Waals surface area (Å²) in [6, 6.07) is 72.4. The second kappa shape index (κ2) is 12.3. The van der Waals surface area contributed by atoms with Crippen molar-refractivity contribution in [3.8, 4) is 61.3 Å². The topological polar surface area (TPSA) is 4.93 Å². The molecule has 1 aromatic heterocycles. The second-order valence-corrected chi connectivity index (χ2v) is 12.6. The van der Waals surface area contributed by atoms with Gasteiger partial charge in [0.15, 0.2) is 0 Å². The number of fused-ring (bicyclic) bond motifs is 3. The Balaban J connectivity index is 1.24. The van der Waals surface area contributed by atoms with Crippen LogP contribution in [0.4, 0.5) is 0 Å². The number of benzene rings is 8. The van der Waals surface area contributed by atoms with Crippen LogP contribution in [0.15, 0.2) is 200 Å². The van der Waals surface area contributed by atoms with Gasteiger partial charge in [-0.05, 0) is 104 Å². The zero-order valence-electron chi connectivity index (χ0n) is 27.0. The molecule has 230 valence electrons. The molecule has 0 aliphatic carbocycles. The molecule has 49 heavy (non-hydrogen) atoms. The van der Waals surface area contributed by atoms with Crippen LogP contribution in [0.5, 0.6) is 0 Å². The van der Waals surface area contributed by atoms with Gasteiger partial charge >= 0.3 is 0 Å². The van der Waals surface area contributed by atoms with Crippen molar-refractivity contribution < 1.29 is 0 Å². The lowest BCUT2D eigenvalue weighted by molar-refractivity contribution is 1.18. The Kier molecular flexibility index (Phi) is 7.22. The first-order valence-electron chi connectivity index (χ1n) is 16.8. The summed E-state index contributed by atoms with van der Waals surface area (Å²) in [5.74, 6) is 0. The molecule has 1 nitrogen and oxygen atoms in total. The predicted molar refractivity (Wildman–Crippen MR) is 208 cm³/mol. The van der Waals surface area contributed by atoms with Gasteiger partial charge in [0.1, 0.15) is 0 Å². The van der Waals surface area contributed by atoms with E-state index in [1.165, 1.54) is 77.4 Å². The van der Waals surface area contributed by atoms with Crippen LogP contribution in [0.1, 0.15) is 0 Å². The summed E-state index contributed by atoms with van der Waals surface area (Å²) in [5.41, 5.74) is 15.7. The van der Waals surface area contributed by atoms with E-state index in [9.17, 15) is 0 Å². The quantitative estimate of drug-likeness (QED) is 0.174. The largest absolute Gasteiger partial charge is 0.309 e. The fourth-order valence-electron chi connectivity index (χ4n) is 7.13. The standard InChI is InChI=1S/C48H33N/c1-4-13-34(14-5-1)37-19-10-21-39(29-37)42-25-27-47-45(32-42)46-33-43(40-22-11-20-38(30-40)35-15-6-2-7-16-35)26-28-48(46)49(47)44-24-12-23-41(31-44)36-17-8-3-9-18-36/h1-33H. The molecule has 0 saturated heterocycles. The molecule has 0 spiro atoms. The molecule has 0 saturated carbocycles. The molecule has 1 heterocycles. The smallest absolute Gasteiger partial charge is 0.0541 e. The Labute approximate surface area is 287 Å². The van der Waals surface area contributed by atoms with Gasteiger partial charge in [-0.3, -0.25) is 0 Å². The van der Waals surface area contributed by atoms with Gasteiger partial charge in [0, 0.05) is 16.5 Å². The third-order valence-electron chi connectivity index (χ3n) is 9.58. The average molecular weight is 624 g/mol. The number of nitrogens with zero attached hydrogens (tertiary/aromatic N) is 1. The molecule has 0 radical (unpaired) electrons. The van der Waals surface area contributed by atoms with E-state index >= 15 is 0 Å². The van der Waals surface area contributed by atoms with E-state index in [1.807, 2.05) is 0 Å². The maximum Gasteiger partial charge on any atom is 0.0541 e. The first-order chi connectivity index (χ1) is 24.3. The van der Waals surface area contributed by atoms with Crippen molar-refractivity contribution in [1.82, 2.24) is 4.57 Å². The van der Waals surface area contributed by atoms with Crippen molar-refractivity contribution in [3.05, 3.63) is 200 Å². The summed E-state index contributed by atoms with van der Waals surface area (Å²) in [6.07, 6.45) is 0. The number of hydrogen-bond acceptors (Lipinski definition) is 0. The lowest BCUT2D eigenvalue weighted by atomic mass is 9.96. The van der Waals surface area contributed by atoms with E-state index in [-0.39, 0.29) is 0 Å². The Hall–Kier alpha value is -6.44. The van der Waals surface area contributed by atoms with Crippen LogP contribution >= 0.6 is 0 Å². The monoisotopic (exact) mass is 623 g/mol. The zero-order valence-corrected chi connectivity index (χ0v) is 27.0. The molecule has 0 aliphatic rings. The van der Waals surface area contributed by atoms with E-state index in [1.54, 1.807) is 0 Å². The highest BCUT2D eigenvalue weighted by atomic mass is 15.0. The van der Waals surface area contributed by atoms with Crippen molar-refractivity contribution in [1.29, 1.82) is 0 Å². The van der Waals surface area contributed by atoms with E-state index in [0.29, 0.717) is 0 Å². The molecular formula is C48H33N. The fraction of sp³-hybridized carbons (Fsp3) is 0. The van der Waals surface area contributed by atoms with Gasteiger partial charge in [-0.2, -0.15) is 0 Å². The Morgan fingerprint density at radius 3 is 0.980 bits per heavy atom. The Morgan fingerprint density at radius 2 is 0.551 bits per heavy atom. The van der Waals surface area contributed by atoms with E-state index in [2.05, 4.69) is 205 Å². The van der Waals surface area contributed by atoms with E-state index in [0.717, 1.165) is 5.69 Å². The van der Waals surface area contributed by atoms with Crippen LogP contribution in [0.2, 0.25) is 0 Å². The maximum absolute atomic E-state index is 2.42. The van der Waals surface area contributed by atoms with Crippen molar-refractivity contribution >= 4 is 21.8 Å². The van der Waals surface area contributed by atoms with Crippen LogP contribution in [0.3, 0.4) is 0 Å². The number of hydrogen-bond donors (Lipinski definition) is 0. The lowest BCUT2D eigenvalue weighted by Crippen LogP contribution is -1.94. The van der Waals surface area contributed by atoms with Crippen LogP contribution in [0, 0.1) is 0 Å². The van der Waals surface area contributed by atoms with E-state index < -0.39 is 0 Å². The zero-order chi connectivity index (χ0) is 32.6. The van der Waals surface area contributed by atoms with Gasteiger partial charge in [0.2, 0.25) is 0 Å². The Morgan fingerprint density at radius 1 is 0.224 bits per heavy atom. The normalized spacial score (nSPS) is 11.3. The highest BCUT2D eigenvalue weighted by Crippen LogP contribution is 2.39. The third-order valence-corrected chi connectivity index (χ3v) is 9.58. The minimum atomic E-state index is 1.15. The van der Waals surface area contributed by atoms with Gasteiger partial charge in [-0.1, -0.05) is 152 Å². The molecule has 1 heteroatoms. The molecule has 8 aromatic carbocycles. The molecule has 0 amide bonds. The molecule has 0 unspecified atom stereocenters. The predicted octanol–water partition coefficient (Wildman–Crippen LogP) is 13.1. The fourth-order valence-corrected chi connectivity index (χ4v) is 7.13. The third kappa shape index (κ3) is 5.42. The van der Waals surface area contributed by atoms with Crippen LogP contribution < -0.4 is 0 Å². The first-order valence-corrected chi connectivity index (χ1v) is 16.8. The summed E-state index contributed by atoms with van der Waals surface area (Å²) in [4.78, 5) is 0. The molecule has 9 aromatic rings. The number of aromatic nitrogens is 1. The van der Waals surface area contributed by atoms with Crippen molar-refractivity contribution in [2.24, 2.45) is 0 Å². The second-order valence-electron chi connectivity index (χ2n) is 12.6. The van der Waals surface area contributed by atoms with Gasteiger partial charge in [-0.25, -0.2) is 0 Å². The summed E-state index contributed by atoms with van der Waals surface area (Å²) >= 11 is 0. The van der Waals surface area contributed by atoms with Crippen molar-refractivity contribution in [2.45, 2.75) is 0 Å². The molecule has 0 N–H and O–H groups in total. The molecular weight excluding hydrogens is 591 g/mol. The summed E-state index contributed by atoms with van der Waals surface area (Å²) in [6.45, 7) is 0. The van der Waals surface area contributed by atoms with Gasteiger partial charge < -0.3 is 4.57 Å². The minimum absolute atomic E-state index is 1.15. The van der Waals surface area contributed by atoms with Crippen LogP contribution in [-0.2, 0) is 0 Å². The summed E-state index contributed by atoms with van der Waals surface area (Å²) in [5, 5.41) is 2.48. The summed E-state index contributed by atoms with van der Waals surface area (Å²) < 4.78 is 2.42. The maximum atomic E-state index is 2.42. The van der Waals surface area contributed by atoms with Crippen molar-refractivity contribution in [2.75, 3.05) is 0 Å². The van der Waals surface area contributed by atoms with Gasteiger partial charge in [-0.15, -0.1) is 0 Å². The molecule has 9 rings (SSSR count). The van der Waals surface area contributed by atoms with Gasteiger partial charge in [0.05, 0.1) is 11.0 Å². The minimum Gasteiger partial charge on any atom is -0.309 e. The Bertz CT molecular complexity index is 2440. The molecule has 0 fully saturated rings.